The molecule has 14 nitrogen and oxygen atoms in total. The predicted molar refractivity (Wildman–Crippen MR) is 120 cm³/mol. The van der Waals surface area contributed by atoms with E-state index < -0.39 is 64.7 Å². The normalized spacial score (nSPS) is 21.9. The summed E-state index contributed by atoms with van der Waals surface area (Å²) in [5.74, 6) is -2.61. The zero-order valence-corrected chi connectivity index (χ0v) is 19.5. The minimum absolute atomic E-state index is 0.225. The second kappa shape index (κ2) is 10.4. The van der Waals surface area contributed by atoms with E-state index in [-0.39, 0.29) is 11.4 Å². The molecule has 35 heavy (non-hydrogen) atoms. The molecule has 1 aliphatic heterocycles. The highest BCUT2D eigenvalue weighted by molar-refractivity contribution is 7.92. The summed E-state index contributed by atoms with van der Waals surface area (Å²) in [6.07, 6.45) is -1.40. The number of benzene rings is 1. The Kier molecular flexibility index (Phi) is 7.74. The number of ether oxygens (including phenoxy) is 1. The van der Waals surface area contributed by atoms with Crippen molar-refractivity contribution in [3.05, 3.63) is 42.3 Å². The molecule has 190 valence electrons. The molecule has 1 amide bonds. The zero-order chi connectivity index (χ0) is 25.9. The number of para-hydroxylation sites is 1. The van der Waals surface area contributed by atoms with Crippen molar-refractivity contribution < 1.29 is 43.2 Å². The highest BCUT2D eigenvalue weighted by Crippen LogP contribution is 2.32. The van der Waals surface area contributed by atoms with Gasteiger partial charge in [-0.25, -0.2) is 17.9 Å². The van der Waals surface area contributed by atoms with Crippen LogP contribution in [-0.4, -0.2) is 92.9 Å². The number of aromatic nitrogens is 3. The number of nitrogens with one attached hydrogen (secondary N) is 2. The summed E-state index contributed by atoms with van der Waals surface area (Å²) in [5, 5.41) is 49.8. The summed E-state index contributed by atoms with van der Waals surface area (Å²) in [6.45, 7) is 0.349. The Morgan fingerprint density at radius 1 is 1.26 bits per heavy atom. The third-order valence-corrected chi connectivity index (χ3v) is 5.71. The fourth-order valence-electron chi connectivity index (χ4n) is 3.63. The first-order valence-electron chi connectivity index (χ1n) is 10.3. The molecule has 0 aliphatic carbocycles. The average molecular weight is 512 g/mol. The number of sulfonamides is 1. The van der Waals surface area contributed by atoms with E-state index in [2.05, 4.69) is 20.4 Å². The quantitative estimate of drug-likeness (QED) is 0.226. The molecule has 0 spiro atoms. The Hall–Kier alpha value is -3.53. The summed E-state index contributed by atoms with van der Waals surface area (Å²) < 4.78 is 32.4. The van der Waals surface area contributed by atoms with Crippen LogP contribution in [0.4, 0.5) is 5.69 Å². The Balaban J connectivity index is 2.07. The summed E-state index contributed by atoms with van der Waals surface area (Å²) in [7, 11) is -3.60. The SMILES string of the molecule is CC(=O)N[C@H]1[C@H]([C@H](O)[C@H](O)CO)OC(C(=O)O)=C[C@@H]1n1cc(-c2ccccc2NS(C)(=O)=O)nn1. The molecule has 15 heteroatoms. The van der Waals surface area contributed by atoms with Crippen molar-refractivity contribution in [2.24, 2.45) is 0 Å². The first-order valence-corrected chi connectivity index (χ1v) is 12.1. The van der Waals surface area contributed by atoms with Crippen molar-refractivity contribution in [2.75, 3.05) is 17.6 Å². The predicted octanol–water partition coefficient (Wildman–Crippen LogP) is -1.56. The van der Waals surface area contributed by atoms with Crippen molar-refractivity contribution in [3.63, 3.8) is 0 Å². The Labute approximate surface area is 199 Å². The molecule has 0 radical (unpaired) electrons. The fourth-order valence-corrected chi connectivity index (χ4v) is 4.20. The van der Waals surface area contributed by atoms with Crippen LogP contribution in [0.1, 0.15) is 13.0 Å². The van der Waals surface area contributed by atoms with Gasteiger partial charge in [0.05, 0.1) is 36.8 Å². The molecule has 0 bridgehead atoms. The van der Waals surface area contributed by atoms with Gasteiger partial charge in [-0.1, -0.05) is 23.4 Å². The molecule has 6 N–H and O–H groups in total. The standard InChI is InChI=1S/C20H25N5O9S/c1-10(27)21-17-14(7-16(20(30)31)34-19(17)18(29)15(28)9-26)25-8-13(22-24-25)11-5-3-4-6-12(11)23-35(2,32)33/h3-8,14-15,17-19,23,26,28-29H,9H2,1-2H3,(H,21,27)(H,30,31)/t14-,15+,17+,18+,19+/m0/s1. The maximum atomic E-state index is 11.9. The monoisotopic (exact) mass is 511 g/mol. The van der Waals surface area contributed by atoms with Gasteiger partial charge in [0.15, 0.2) is 0 Å². The summed E-state index contributed by atoms with van der Waals surface area (Å²) in [5.41, 5.74) is 0.832. The van der Waals surface area contributed by atoms with Gasteiger partial charge in [-0.05, 0) is 12.1 Å². The topological polar surface area (TPSA) is 213 Å². The lowest BCUT2D eigenvalue weighted by atomic mass is 9.92. The number of carboxylic acids is 1. The van der Waals surface area contributed by atoms with E-state index in [0.29, 0.717) is 5.56 Å². The van der Waals surface area contributed by atoms with E-state index in [0.717, 1.165) is 12.3 Å². The third kappa shape index (κ3) is 6.13. The second-order valence-corrected chi connectivity index (χ2v) is 9.63. The molecule has 1 aromatic carbocycles. The number of carbonyl (C=O) groups excluding carboxylic acids is 1. The molecule has 0 unspecified atom stereocenters. The molecule has 2 heterocycles. The minimum Gasteiger partial charge on any atom is -0.478 e. The Morgan fingerprint density at radius 3 is 2.54 bits per heavy atom. The number of hydrogen-bond acceptors (Lipinski definition) is 10. The van der Waals surface area contributed by atoms with Gasteiger partial charge in [-0.2, -0.15) is 0 Å². The lowest BCUT2D eigenvalue weighted by Crippen LogP contribution is -2.58. The van der Waals surface area contributed by atoms with E-state index in [1.54, 1.807) is 18.2 Å². The van der Waals surface area contributed by atoms with Gasteiger partial charge in [0.2, 0.25) is 21.7 Å². The smallest absolute Gasteiger partial charge is 0.370 e. The lowest BCUT2D eigenvalue weighted by Gasteiger charge is -2.39. The molecular weight excluding hydrogens is 486 g/mol. The number of aliphatic hydroxyl groups is 3. The Morgan fingerprint density at radius 2 is 1.94 bits per heavy atom. The maximum Gasteiger partial charge on any atom is 0.370 e. The van der Waals surface area contributed by atoms with Crippen molar-refractivity contribution in [3.8, 4) is 11.3 Å². The van der Waals surface area contributed by atoms with Gasteiger partial charge in [0, 0.05) is 12.5 Å². The first-order chi connectivity index (χ1) is 16.4. The van der Waals surface area contributed by atoms with Crippen LogP contribution in [0.25, 0.3) is 11.3 Å². The number of rotatable bonds is 9. The van der Waals surface area contributed by atoms with Crippen molar-refractivity contribution in [1.29, 1.82) is 0 Å². The average Bonchev–Trinajstić information content (AvgIpc) is 3.26. The number of carbonyl (C=O) groups is 2. The molecule has 0 saturated carbocycles. The van der Waals surface area contributed by atoms with Crippen LogP contribution in [0.15, 0.2) is 42.3 Å². The van der Waals surface area contributed by atoms with Crippen LogP contribution in [0.5, 0.6) is 0 Å². The number of aliphatic carboxylic acids is 1. The van der Waals surface area contributed by atoms with Crippen molar-refractivity contribution in [2.45, 2.75) is 37.3 Å². The molecule has 3 rings (SSSR count). The fraction of sp³-hybridized carbons (Fsp3) is 0.400. The van der Waals surface area contributed by atoms with E-state index in [4.69, 9.17) is 4.74 Å². The minimum atomic E-state index is -3.60. The molecule has 2 aromatic rings. The number of amides is 1. The van der Waals surface area contributed by atoms with E-state index in [9.17, 15) is 38.4 Å². The van der Waals surface area contributed by atoms with Crippen LogP contribution in [-0.2, 0) is 24.3 Å². The number of hydrogen-bond donors (Lipinski definition) is 6. The van der Waals surface area contributed by atoms with Crippen molar-refractivity contribution >= 4 is 27.6 Å². The van der Waals surface area contributed by atoms with E-state index in [1.165, 1.54) is 23.9 Å². The van der Waals surface area contributed by atoms with E-state index in [1.807, 2.05) is 0 Å². The van der Waals surface area contributed by atoms with Crippen LogP contribution >= 0.6 is 0 Å². The lowest BCUT2D eigenvalue weighted by molar-refractivity contribution is -0.147. The molecule has 0 saturated heterocycles. The van der Waals surface area contributed by atoms with E-state index >= 15 is 0 Å². The molecular formula is C20H25N5O9S. The zero-order valence-electron chi connectivity index (χ0n) is 18.6. The summed E-state index contributed by atoms with van der Waals surface area (Å²) in [6, 6.07) is 4.20. The van der Waals surface area contributed by atoms with Crippen LogP contribution in [0.2, 0.25) is 0 Å². The van der Waals surface area contributed by atoms with Crippen molar-refractivity contribution in [1.82, 2.24) is 20.3 Å². The van der Waals surface area contributed by atoms with Gasteiger partial charge in [0.25, 0.3) is 0 Å². The second-order valence-electron chi connectivity index (χ2n) is 7.88. The van der Waals surface area contributed by atoms with Gasteiger partial charge in [-0.15, -0.1) is 5.10 Å². The molecule has 1 aliphatic rings. The highest BCUT2D eigenvalue weighted by atomic mass is 32.2. The first kappa shape index (κ1) is 26.1. The number of nitrogens with zero attached hydrogens (tertiary/aromatic N) is 3. The molecule has 0 fully saturated rings. The molecule has 1 aromatic heterocycles. The largest absolute Gasteiger partial charge is 0.478 e. The third-order valence-electron chi connectivity index (χ3n) is 5.12. The van der Waals surface area contributed by atoms with Crippen LogP contribution < -0.4 is 10.0 Å². The molecule has 5 atom stereocenters. The van der Waals surface area contributed by atoms with Gasteiger partial charge in [0.1, 0.15) is 24.0 Å². The number of aliphatic hydroxyl groups excluding tert-OH is 3. The van der Waals surface area contributed by atoms with Gasteiger partial charge < -0.3 is 30.5 Å². The number of carboxylic acid groups (broad SMARTS) is 1. The van der Waals surface area contributed by atoms with Crippen LogP contribution in [0, 0.1) is 0 Å². The summed E-state index contributed by atoms with van der Waals surface area (Å²) >= 11 is 0. The van der Waals surface area contributed by atoms with Crippen LogP contribution in [0.3, 0.4) is 0 Å². The number of anilines is 1. The van der Waals surface area contributed by atoms with Gasteiger partial charge in [-0.3, -0.25) is 9.52 Å². The van der Waals surface area contributed by atoms with Gasteiger partial charge >= 0.3 is 5.97 Å². The highest BCUT2D eigenvalue weighted by Gasteiger charge is 2.44. The maximum absolute atomic E-state index is 11.9. The summed E-state index contributed by atoms with van der Waals surface area (Å²) in [4.78, 5) is 23.6. The Bertz CT molecular complexity index is 1230.